The standard InChI is InChI=1S/C22H24N2O5/c1-13(5-7-18(25)24-15-8-10-23-11-9-15)4-6-16-20(26)19-17(12-29-22(19)27)14(2)21(16)28-3/h4,8-11,26H,5-7,12H2,1-3H3,(H,23,24,25)/b13-4+. The predicted octanol–water partition coefficient (Wildman–Crippen LogP) is 3.68. The number of anilines is 1. The molecule has 1 aliphatic heterocycles. The lowest BCUT2D eigenvalue weighted by atomic mass is 9.94. The first-order chi connectivity index (χ1) is 13.9. The first-order valence-corrected chi connectivity index (χ1v) is 9.36. The van der Waals surface area contributed by atoms with Crippen molar-refractivity contribution in [3.05, 3.63) is 58.4 Å². The van der Waals surface area contributed by atoms with Crippen molar-refractivity contribution in [2.45, 2.75) is 39.7 Å². The van der Waals surface area contributed by atoms with E-state index >= 15 is 0 Å². The summed E-state index contributed by atoms with van der Waals surface area (Å²) in [5, 5.41) is 13.5. The van der Waals surface area contributed by atoms with E-state index in [1.807, 2.05) is 19.9 Å². The maximum absolute atomic E-state index is 12.1. The van der Waals surface area contributed by atoms with Crippen LogP contribution in [-0.4, -0.2) is 29.1 Å². The summed E-state index contributed by atoms with van der Waals surface area (Å²) in [6.45, 7) is 3.92. The smallest absolute Gasteiger partial charge is 0.342 e. The van der Waals surface area contributed by atoms with Crippen molar-refractivity contribution in [1.82, 2.24) is 4.98 Å². The van der Waals surface area contributed by atoms with E-state index in [9.17, 15) is 14.7 Å². The van der Waals surface area contributed by atoms with Gasteiger partial charge in [0, 0.05) is 35.6 Å². The van der Waals surface area contributed by atoms with Crippen LogP contribution in [0.15, 0.2) is 36.2 Å². The second kappa shape index (κ2) is 8.77. The number of rotatable bonds is 7. The van der Waals surface area contributed by atoms with E-state index in [2.05, 4.69) is 10.3 Å². The lowest BCUT2D eigenvalue weighted by molar-refractivity contribution is -0.116. The number of aromatic hydroxyl groups is 1. The molecule has 1 aromatic heterocycles. The summed E-state index contributed by atoms with van der Waals surface area (Å²) in [7, 11) is 1.54. The number of carbonyl (C=O) groups excluding carboxylic acids is 2. The quantitative estimate of drug-likeness (QED) is 0.547. The lowest BCUT2D eigenvalue weighted by Crippen LogP contribution is -2.11. The van der Waals surface area contributed by atoms with E-state index < -0.39 is 5.97 Å². The topological polar surface area (TPSA) is 97.8 Å². The van der Waals surface area contributed by atoms with Crippen LogP contribution in [0.4, 0.5) is 5.69 Å². The number of cyclic esters (lactones) is 1. The normalized spacial score (nSPS) is 13.1. The van der Waals surface area contributed by atoms with Crippen molar-refractivity contribution in [3.63, 3.8) is 0 Å². The Morgan fingerprint density at radius 2 is 2.07 bits per heavy atom. The van der Waals surface area contributed by atoms with Crippen molar-refractivity contribution in [2.75, 3.05) is 12.4 Å². The number of pyridine rings is 1. The summed E-state index contributed by atoms with van der Waals surface area (Å²) in [6, 6.07) is 3.47. The van der Waals surface area contributed by atoms with Gasteiger partial charge in [-0.1, -0.05) is 11.6 Å². The van der Waals surface area contributed by atoms with Crippen LogP contribution in [0.3, 0.4) is 0 Å². The molecule has 0 spiro atoms. The fourth-order valence-corrected chi connectivity index (χ4v) is 3.38. The molecule has 7 heteroatoms. The second-order valence-corrected chi connectivity index (χ2v) is 6.95. The van der Waals surface area contributed by atoms with Gasteiger partial charge in [-0.25, -0.2) is 4.79 Å². The molecule has 0 bridgehead atoms. The largest absolute Gasteiger partial charge is 0.507 e. The second-order valence-electron chi connectivity index (χ2n) is 6.95. The van der Waals surface area contributed by atoms with Crippen molar-refractivity contribution in [2.24, 2.45) is 0 Å². The van der Waals surface area contributed by atoms with Crippen LogP contribution in [0, 0.1) is 6.92 Å². The number of amides is 1. The van der Waals surface area contributed by atoms with Crippen LogP contribution in [-0.2, 0) is 22.6 Å². The molecule has 0 saturated heterocycles. The number of nitrogens with zero attached hydrogens (tertiary/aromatic N) is 1. The summed E-state index contributed by atoms with van der Waals surface area (Å²) >= 11 is 0. The summed E-state index contributed by atoms with van der Waals surface area (Å²) in [6.07, 6.45) is 6.47. The molecule has 2 N–H and O–H groups in total. The molecule has 0 atom stereocenters. The number of aromatic nitrogens is 1. The average molecular weight is 396 g/mol. The first-order valence-electron chi connectivity index (χ1n) is 9.36. The Morgan fingerprint density at radius 3 is 2.76 bits per heavy atom. The average Bonchev–Trinajstić information content (AvgIpc) is 3.11. The number of methoxy groups -OCH3 is 1. The molecule has 29 heavy (non-hydrogen) atoms. The third-order valence-corrected chi connectivity index (χ3v) is 5.01. The van der Waals surface area contributed by atoms with Gasteiger partial charge in [-0.2, -0.15) is 0 Å². The van der Waals surface area contributed by atoms with Gasteiger partial charge in [0.2, 0.25) is 5.91 Å². The molecule has 1 aliphatic rings. The third-order valence-electron chi connectivity index (χ3n) is 5.01. The fourth-order valence-electron chi connectivity index (χ4n) is 3.38. The number of phenolic OH excluding ortho intramolecular Hbond substituents is 1. The number of esters is 1. The zero-order valence-corrected chi connectivity index (χ0v) is 16.7. The lowest BCUT2D eigenvalue weighted by Gasteiger charge is -2.15. The van der Waals surface area contributed by atoms with Crippen molar-refractivity contribution in [3.8, 4) is 11.5 Å². The van der Waals surface area contributed by atoms with Gasteiger partial charge in [0.05, 0.1) is 7.11 Å². The highest BCUT2D eigenvalue weighted by Crippen LogP contribution is 2.42. The molecule has 0 unspecified atom stereocenters. The number of allylic oxidation sites excluding steroid dienone is 2. The summed E-state index contributed by atoms with van der Waals surface area (Å²) in [4.78, 5) is 28.0. The van der Waals surface area contributed by atoms with Crippen LogP contribution in [0.2, 0.25) is 0 Å². The molecule has 1 aromatic carbocycles. The van der Waals surface area contributed by atoms with Crippen molar-refractivity contribution >= 4 is 17.6 Å². The molecule has 2 aromatic rings. The van der Waals surface area contributed by atoms with E-state index in [4.69, 9.17) is 9.47 Å². The number of benzene rings is 1. The van der Waals surface area contributed by atoms with Crippen LogP contribution < -0.4 is 10.1 Å². The van der Waals surface area contributed by atoms with Crippen LogP contribution in [0.5, 0.6) is 11.5 Å². The molecular formula is C22H24N2O5. The van der Waals surface area contributed by atoms with E-state index in [1.165, 1.54) is 7.11 Å². The number of hydrogen-bond donors (Lipinski definition) is 2. The Labute approximate surface area is 169 Å². The Morgan fingerprint density at radius 1 is 1.34 bits per heavy atom. The van der Waals surface area contributed by atoms with Crippen LogP contribution >= 0.6 is 0 Å². The van der Waals surface area contributed by atoms with Crippen LogP contribution in [0.25, 0.3) is 0 Å². The summed E-state index contributed by atoms with van der Waals surface area (Å²) in [5.74, 6) is -0.137. The highest BCUT2D eigenvalue weighted by Gasteiger charge is 2.31. The van der Waals surface area contributed by atoms with E-state index in [0.717, 1.165) is 11.1 Å². The minimum atomic E-state index is -0.516. The van der Waals surface area contributed by atoms with Gasteiger partial charge >= 0.3 is 5.97 Å². The SMILES string of the molecule is COc1c(C)c2c(c(O)c1C/C=C(\C)CCC(=O)Nc1ccncc1)C(=O)OC2. The molecule has 0 aliphatic carbocycles. The first kappa shape index (κ1) is 20.4. The van der Waals surface area contributed by atoms with Crippen molar-refractivity contribution < 1.29 is 24.2 Å². The highest BCUT2D eigenvalue weighted by molar-refractivity contribution is 5.98. The molecule has 0 fully saturated rings. The Hall–Kier alpha value is -3.35. The zero-order valence-electron chi connectivity index (χ0n) is 16.7. The van der Waals surface area contributed by atoms with Gasteiger partial charge < -0.3 is 19.9 Å². The molecule has 7 nitrogen and oxygen atoms in total. The molecule has 1 amide bonds. The van der Waals surface area contributed by atoms with Crippen molar-refractivity contribution in [1.29, 1.82) is 0 Å². The minimum Gasteiger partial charge on any atom is -0.507 e. The minimum absolute atomic E-state index is 0.0829. The van der Waals surface area contributed by atoms with E-state index in [-0.39, 0.29) is 23.8 Å². The maximum Gasteiger partial charge on any atom is 0.342 e. The van der Waals surface area contributed by atoms with Gasteiger partial charge in [0.15, 0.2) is 0 Å². The molecular weight excluding hydrogens is 372 g/mol. The molecule has 0 saturated carbocycles. The van der Waals surface area contributed by atoms with E-state index in [1.54, 1.807) is 24.5 Å². The number of ether oxygens (including phenoxy) is 2. The predicted molar refractivity (Wildman–Crippen MR) is 108 cm³/mol. The van der Waals surface area contributed by atoms with Gasteiger partial charge in [0.25, 0.3) is 0 Å². The van der Waals surface area contributed by atoms with Gasteiger partial charge in [-0.3, -0.25) is 9.78 Å². The number of hydrogen-bond acceptors (Lipinski definition) is 6. The molecule has 152 valence electrons. The number of nitrogens with one attached hydrogen (secondary N) is 1. The van der Waals surface area contributed by atoms with Gasteiger partial charge in [-0.15, -0.1) is 0 Å². The zero-order chi connectivity index (χ0) is 21.0. The monoisotopic (exact) mass is 396 g/mol. The van der Waals surface area contributed by atoms with E-state index in [0.29, 0.717) is 41.8 Å². The van der Waals surface area contributed by atoms with Gasteiger partial charge in [0.1, 0.15) is 23.7 Å². The van der Waals surface area contributed by atoms with Gasteiger partial charge in [-0.05, 0) is 44.4 Å². The van der Waals surface area contributed by atoms with Crippen LogP contribution in [0.1, 0.15) is 46.8 Å². The third kappa shape index (κ3) is 4.39. The molecule has 3 rings (SSSR count). The number of fused-ring (bicyclic) bond motifs is 1. The Bertz CT molecular complexity index is 967. The fraction of sp³-hybridized carbons (Fsp3) is 0.318. The highest BCUT2D eigenvalue weighted by atomic mass is 16.5. The summed E-state index contributed by atoms with van der Waals surface area (Å²) < 4.78 is 10.5. The number of carbonyl (C=O) groups is 2. The Kier molecular flexibility index (Phi) is 6.16. The maximum atomic E-state index is 12.1. The number of phenols is 1. The molecule has 0 radical (unpaired) electrons. The Balaban J connectivity index is 1.69. The molecule has 2 heterocycles. The summed E-state index contributed by atoms with van der Waals surface area (Å²) in [5.41, 5.74) is 3.94.